The third-order valence-corrected chi connectivity index (χ3v) is 2.40. The maximum atomic E-state index is 11.3. The Kier molecular flexibility index (Phi) is 11.4. The topological polar surface area (TPSA) is 50.8 Å². The molecule has 0 atom stereocenters. The fraction of sp³-hybridized carbons (Fsp3) is 0.917. The van der Waals surface area contributed by atoms with E-state index in [4.69, 9.17) is 9.47 Å². The van der Waals surface area contributed by atoms with E-state index in [1.165, 1.54) is 0 Å². The summed E-state index contributed by atoms with van der Waals surface area (Å²) < 4.78 is 9.93. The summed E-state index contributed by atoms with van der Waals surface area (Å²) in [4.78, 5) is 13.7. The van der Waals surface area contributed by atoms with Crippen LogP contribution in [-0.2, 0) is 14.3 Å². The Balaban J connectivity index is 3.42. The van der Waals surface area contributed by atoms with Gasteiger partial charge in [0.05, 0.1) is 13.2 Å². The number of hydrogen-bond acceptors (Lipinski definition) is 4. The average Bonchev–Trinajstić information content (AvgIpc) is 2.33. The Labute approximate surface area is 104 Å². The second-order valence-electron chi connectivity index (χ2n) is 3.83. The molecule has 0 fully saturated rings. The highest BCUT2D eigenvalue weighted by Gasteiger charge is 2.03. The molecular weight excluding hydrogens is 220 g/mol. The summed E-state index contributed by atoms with van der Waals surface area (Å²) in [6.07, 6.45) is 1.14. The van der Waals surface area contributed by atoms with E-state index >= 15 is 0 Å². The first kappa shape index (κ1) is 16.4. The third-order valence-electron chi connectivity index (χ3n) is 2.40. The number of rotatable bonds is 11. The Morgan fingerprint density at radius 3 is 2.59 bits per heavy atom. The normalized spacial score (nSPS) is 10.8. The number of carbonyl (C=O) groups excluding carboxylic acids is 1. The fourth-order valence-corrected chi connectivity index (χ4v) is 1.46. The number of nitrogens with zero attached hydrogens (tertiary/aromatic N) is 1. The second-order valence-corrected chi connectivity index (χ2v) is 3.83. The molecule has 0 aliphatic heterocycles. The Morgan fingerprint density at radius 2 is 2.00 bits per heavy atom. The lowest BCUT2D eigenvalue weighted by Crippen LogP contribution is -2.36. The van der Waals surface area contributed by atoms with Crippen LogP contribution in [0.4, 0.5) is 0 Å². The van der Waals surface area contributed by atoms with Crippen molar-refractivity contribution < 1.29 is 14.3 Å². The van der Waals surface area contributed by atoms with Crippen LogP contribution in [0.1, 0.15) is 20.3 Å². The van der Waals surface area contributed by atoms with Crippen molar-refractivity contribution in [3.8, 4) is 0 Å². The summed E-state index contributed by atoms with van der Waals surface area (Å²) in [5.74, 6) is -0.0614. The summed E-state index contributed by atoms with van der Waals surface area (Å²) >= 11 is 0. The molecule has 102 valence electrons. The van der Waals surface area contributed by atoms with Gasteiger partial charge in [0, 0.05) is 20.2 Å². The van der Waals surface area contributed by atoms with E-state index in [1.54, 1.807) is 7.11 Å². The zero-order valence-corrected chi connectivity index (χ0v) is 11.3. The molecule has 1 amide bonds. The van der Waals surface area contributed by atoms with Crippen LogP contribution in [0.2, 0.25) is 0 Å². The molecule has 5 heteroatoms. The number of carbonyl (C=O) groups is 1. The Bertz CT molecular complexity index is 189. The minimum Gasteiger partial charge on any atom is -0.382 e. The van der Waals surface area contributed by atoms with Gasteiger partial charge in [-0.15, -0.1) is 0 Å². The summed E-state index contributed by atoms with van der Waals surface area (Å²) in [5.41, 5.74) is 0. The standard InChI is InChI=1S/C12H26N2O3/c1-4-7-14(5-2)8-6-13-12(15)11-17-10-9-16-3/h4-11H2,1-3H3,(H,13,15). The highest BCUT2D eigenvalue weighted by molar-refractivity contribution is 5.77. The van der Waals surface area contributed by atoms with Crippen LogP contribution in [0.15, 0.2) is 0 Å². The van der Waals surface area contributed by atoms with Gasteiger partial charge in [-0.2, -0.15) is 0 Å². The molecular formula is C12H26N2O3. The van der Waals surface area contributed by atoms with Crippen molar-refractivity contribution in [2.24, 2.45) is 0 Å². The van der Waals surface area contributed by atoms with Crippen molar-refractivity contribution in [2.75, 3.05) is 53.1 Å². The predicted molar refractivity (Wildman–Crippen MR) is 68.1 cm³/mol. The van der Waals surface area contributed by atoms with Crippen molar-refractivity contribution in [3.05, 3.63) is 0 Å². The Morgan fingerprint density at radius 1 is 1.24 bits per heavy atom. The van der Waals surface area contributed by atoms with E-state index in [0.717, 1.165) is 26.1 Å². The smallest absolute Gasteiger partial charge is 0.246 e. The van der Waals surface area contributed by atoms with Gasteiger partial charge < -0.3 is 19.7 Å². The van der Waals surface area contributed by atoms with Crippen molar-refractivity contribution >= 4 is 5.91 Å². The SMILES string of the molecule is CCCN(CC)CCNC(=O)COCCOC. The first-order chi connectivity index (χ1) is 8.24. The van der Waals surface area contributed by atoms with Crippen LogP contribution < -0.4 is 5.32 Å². The summed E-state index contributed by atoms with van der Waals surface area (Å²) in [7, 11) is 1.61. The monoisotopic (exact) mass is 246 g/mol. The predicted octanol–water partition coefficient (Wildman–Crippen LogP) is 0.498. The number of amides is 1. The molecule has 5 nitrogen and oxygen atoms in total. The number of hydrogen-bond donors (Lipinski definition) is 1. The first-order valence-electron chi connectivity index (χ1n) is 6.30. The van der Waals surface area contributed by atoms with Crippen LogP contribution in [-0.4, -0.2) is 63.9 Å². The van der Waals surface area contributed by atoms with E-state index < -0.39 is 0 Å². The van der Waals surface area contributed by atoms with Crippen LogP contribution in [0.5, 0.6) is 0 Å². The van der Waals surface area contributed by atoms with E-state index in [0.29, 0.717) is 19.8 Å². The molecule has 1 N–H and O–H groups in total. The van der Waals surface area contributed by atoms with E-state index in [-0.39, 0.29) is 12.5 Å². The molecule has 0 spiro atoms. The van der Waals surface area contributed by atoms with Gasteiger partial charge in [-0.05, 0) is 19.5 Å². The minimum atomic E-state index is -0.0614. The van der Waals surface area contributed by atoms with Crippen molar-refractivity contribution in [1.29, 1.82) is 0 Å². The minimum absolute atomic E-state index is 0.0614. The molecule has 0 aliphatic carbocycles. The number of likely N-dealkylation sites (N-methyl/N-ethyl adjacent to an activating group) is 1. The zero-order valence-electron chi connectivity index (χ0n) is 11.3. The number of methoxy groups -OCH3 is 1. The molecule has 0 aromatic heterocycles. The highest BCUT2D eigenvalue weighted by atomic mass is 16.5. The van der Waals surface area contributed by atoms with E-state index in [1.807, 2.05) is 0 Å². The second kappa shape index (κ2) is 11.8. The van der Waals surface area contributed by atoms with Crippen molar-refractivity contribution in [2.45, 2.75) is 20.3 Å². The van der Waals surface area contributed by atoms with E-state index in [2.05, 4.69) is 24.1 Å². The van der Waals surface area contributed by atoms with Crippen LogP contribution in [0.25, 0.3) is 0 Å². The first-order valence-corrected chi connectivity index (χ1v) is 6.30. The van der Waals surface area contributed by atoms with Gasteiger partial charge in [0.2, 0.25) is 5.91 Å². The zero-order chi connectivity index (χ0) is 12.9. The molecule has 0 rings (SSSR count). The summed E-state index contributed by atoms with van der Waals surface area (Å²) in [6.45, 7) is 9.06. The van der Waals surface area contributed by atoms with Gasteiger partial charge in [-0.25, -0.2) is 0 Å². The lowest BCUT2D eigenvalue weighted by Gasteiger charge is -2.19. The largest absolute Gasteiger partial charge is 0.382 e. The molecule has 0 bridgehead atoms. The molecule has 0 heterocycles. The molecule has 0 saturated carbocycles. The van der Waals surface area contributed by atoms with Crippen LogP contribution >= 0.6 is 0 Å². The maximum Gasteiger partial charge on any atom is 0.246 e. The average molecular weight is 246 g/mol. The molecule has 0 aromatic carbocycles. The van der Waals surface area contributed by atoms with E-state index in [9.17, 15) is 4.79 Å². The fourth-order valence-electron chi connectivity index (χ4n) is 1.46. The number of ether oxygens (including phenoxy) is 2. The van der Waals surface area contributed by atoms with Crippen LogP contribution in [0, 0.1) is 0 Å². The quantitative estimate of drug-likeness (QED) is 0.539. The lowest BCUT2D eigenvalue weighted by atomic mass is 10.4. The van der Waals surface area contributed by atoms with Gasteiger partial charge in [0.15, 0.2) is 0 Å². The molecule has 0 unspecified atom stereocenters. The number of nitrogens with one attached hydrogen (secondary N) is 1. The third kappa shape index (κ3) is 10.2. The van der Waals surface area contributed by atoms with Gasteiger partial charge >= 0.3 is 0 Å². The molecule has 0 aliphatic rings. The molecule has 0 radical (unpaired) electrons. The summed E-state index contributed by atoms with van der Waals surface area (Å²) in [6, 6.07) is 0. The maximum absolute atomic E-state index is 11.3. The van der Waals surface area contributed by atoms with Crippen LogP contribution in [0.3, 0.4) is 0 Å². The highest BCUT2D eigenvalue weighted by Crippen LogP contribution is 1.89. The van der Waals surface area contributed by atoms with Gasteiger partial charge in [0.25, 0.3) is 0 Å². The summed E-state index contributed by atoms with van der Waals surface area (Å²) in [5, 5.41) is 2.84. The Hall–Kier alpha value is -0.650. The molecule has 17 heavy (non-hydrogen) atoms. The van der Waals surface area contributed by atoms with Crippen molar-refractivity contribution in [3.63, 3.8) is 0 Å². The van der Waals surface area contributed by atoms with Gasteiger partial charge in [-0.3, -0.25) is 4.79 Å². The van der Waals surface area contributed by atoms with Crippen molar-refractivity contribution in [1.82, 2.24) is 10.2 Å². The lowest BCUT2D eigenvalue weighted by molar-refractivity contribution is -0.126. The van der Waals surface area contributed by atoms with Gasteiger partial charge in [-0.1, -0.05) is 13.8 Å². The molecule has 0 aromatic rings. The van der Waals surface area contributed by atoms with Gasteiger partial charge in [0.1, 0.15) is 6.61 Å². The molecule has 0 saturated heterocycles.